The van der Waals surface area contributed by atoms with Gasteiger partial charge in [0.1, 0.15) is 0 Å². The number of hydrogen-bond acceptors (Lipinski definition) is 4. The summed E-state index contributed by atoms with van der Waals surface area (Å²) in [4.78, 5) is 25.6. The normalized spacial score (nSPS) is 31.2. The van der Waals surface area contributed by atoms with E-state index in [0.29, 0.717) is 6.42 Å². The molecule has 2 atom stereocenters. The Labute approximate surface area is 102 Å². The Kier molecular flexibility index (Phi) is 3.94. The van der Waals surface area contributed by atoms with Crippen molar-refractivity contribution in [3.05, 3.63) is 0 Å². The third kappa shape index (κ3) is 3.86. The van der Waals surface area contributed by atoms with Crippen LogP contribution >= 0.6 is 0 Å². The Balaban J connectivity index is 2.81. The fraction of sp³-hybridized carbons (Fsp3) is 0.833. The second-order valence-corrected chi connectivity index (χ2v) is 5.78. The topological polar surface area (TPSA) is 67.8 Å². The largest absolute Gasteiger partial charge is 0.453 e. The minimum absolute atomic E-state index is 0.0201. The maximum absolute atomic E-state index is 11.2. The van der Waals surface area contributed by atoms with Gasteiger partial charge in [-0.05, 0) is 31.6 Å². The zero-order valence-corrected chi connectivity index (χ0v) is 10.9. The van der Waals surface area contributed by atoms with Crippen LogP contribution in [0.1, 0.15) is 40.0 Å². The van der Waals surface area contributed by atoms with Gasteiger partial charge in [-0.15, -0.1) is 0 Å². The highest BCUT2D eigenvalue weighted by Gasteiger charge is 2.42. The quantitative estimate of drug-likeness (QED) is 0.593. The first-order valence-electron chi connectivity index (χ1n) is 5.74. The maximum Gasteiger partial charge on any atom is 0.407 e. The summed E-state index contributed by atoms with van der Waals surface area (Å²) in [7, 11) is 1.34. The van der Waals surface area contributed by atoms with E-state index in [0.717, 1.165) is 12.8 Å². The van der Waals surface area contributed by atoms with Crippen molar-refractivity contribution in [2.45, 2.75) is 51.6 Å². The van der Waals surface area contributed by atoms with Gasteiger partial charge in [0.25, 0.3) is 0 Å². The molecule has 1 amide bonds. The Bertz CT molecular complexity index is 348. The lowest BCUT2D eigenvalue weighted by Gasteiger charge is -2.43. The molecule has 1 aliphatic carbocycles. The Morgan fingerprint density at radius 1 is 1.41 bits per heavy atom. The van der Waals surface area contributed by atoms with Crippen molar-refractivity contribution < 1.29 is 14.3 Å². The molecule has 2 unspecified atom stereocenters. The van der Waals surface area contributed by atoms with Crippen molar-refractivity contribution in [2.75, 3.05) is 7.11 Å². The van der Waals surface area contributed by atoms with Gasteiger partial charge in [0.2, 0.25) is 6.08 Å². The summed E-state index contributed by atoms with van der Waals surface area (Å²) < 4.78 is 4.59. The molecular weight excluding hydrogens is 220 g/mol. The summed E-state index contributed by atoms with van der Waals surface area (Å²) in [5, 5.41) is 2.79. The molecule has 0 saturated heterocycles. The molecule has 1 saturated carbocycles. The van der Waals surface area contributed by atoms with Crippen LogP contribution in [0.5, 0.6) is 0 Å². The predicted molar refractivity (Wildman–Crippen MR) is 63.5 cm³/mol. The number of isocyanates is 1. The molecule has 0 aliphatic heterocycles. The first-order valence-corrected chi connectivity index (χ1v) is 5.74. The van der Waals surface area contributed by atoms with Crippen molar-refractivity contribution in [2.24, 2.45) is 10.4 Å². The molecule has 0 heterocycles. The molecule has 0 spiro atoms. The smallest absolute Gasteiger partial charge is 0.407 e. The van der Waals surface area contributed by atoms with E-state index in [1.807, 2.05) is 6.92 Å². The second-order valence-electron chi connectivity index (χ2n) is 5.78. The van der Waals surface area contributed by atoms with Gasteiger partial charge in [-0.3, -0.25) is 0 Å². The molecule has 96 valence electrons. The first kappa shape index (κ1) is 13.7. The molecule has 1 N–H and O–H groups in total. The number of carbonyl (C=O) groups is 1. The third-order valence-corrected chi connectivity index (χ3v) is 3.17. The highest BCUT2D eigenvalue weighted by molar-refractivity contribution is 5.67. The SMILES string of the molecule is COC(=O)NC1CC(C)(C)CC(C)(N=C=O)C1. The minimum atomic E-state index is -0.449. The van der Waals surface area contributed by atoms with Gasteiger partial charge in [-0.25, -0.2) is 9.59 Å². The van der Waals surface area contributed by atoms with Crippen molar-refractivity contribution in [1.82, 2.24) is 5.32 Å². The number of rotatable bonds is 2. The van der Waals surface area contributed by atoms with Gasteiger partial charge in [-0.2, -0.15) is 4.99 Å². The summed E-state index contributed by atoms with van der Waals surface area (Å²) in [6.07, 6.45) is 3.50. The van der Waals surface area contributed by atoms with E-state index in [1.54, 1.807) is 6.08 Å². The second kappa shape index (κ2) is 4.88. The first-order chi connectivity index (χ1) is 7.80. The van der Waals surface area contributed by atoms with Crippen molar-refractivity contribution in [1.29, 1.82) is 0 Å². The molecule has 1 rings (SSSR count). The van der Waals surface area contributed by atoms with Crippen LogP contribution < -0.4 is 5.32 Å². The van der Waals surface area contributed by atoms with E-state index in [9.17, 15) is 9.59 Å². The summed E-state index contributed by atoms with van der Waals surface area (Å²) in [6.45, 7) is 6.14. The maximum atomic E-state index is 11.2. The standard InChI is InChI=1S/C12H20N2O3/c1-11(2)5-9(14-10(16)17-4)6-12(3,7-11)13-8-15/h9H,5-7H2,1-4H3,(H,14,16). The number of alkyl carbamates (subject to hydrolysis) is 1. The number of ether oxygens (including phenoxy) is 1. The Hall–Kier alpha value is -1.35. The number of hydrogen-bond donors (Lipinski definition) is 1. The van der Waals surface area contributed by atoms with E-state index in [1.165, 1.54) is 7.11 Å². The fourth-order valence-electron chi connectivity index (χ4n) is 2.97. The summed E-state index contributed by atoms with van der Waals surface area (Å²) in [5.74, 6) is 0. The van der Waals surface area contributed by atoms with Crippen LogP contribution in [-0.4, -0.2) is 30.9 Å². The highest BCUT2D eigenvalue weighted by Crippen LogP contribution is 2.42. The molecule has 0 bridgehead atoms. The van der Waals surface area contributed by atoms with Gasteiger partial charge in [-0.1, -0.05) is 13.8 Å². The van der Waals surface area contributed by atoms with Gasteiger partial charge in [0.05, 0.1) is 12.6 Å². The molecule has 5 heteroatoms. The fourth-order valence-corrected chi connectivity index (χ4v) is 2.97. The predicted octanol–water partition coefficient (Wildman–Crippen LogP) is 2.02. The van der Waals surface area contributed by atoms with Crippen LogP contribution in [0.4, 0.5) is 4.79 Å². The summed E-state index contributed by atoms with van der Waals surface area (Å²) >= 11 is 0. The van der Waals surface area contributed by atoms with Gasteiger partial charge in [0.15, 0.2) is 0 Å². The molecule has 0 aromatic heterocycles. The zero-order valence-electron chi connectivity index (χ0n) is 10.9. The Morgan fingerprint density at radius 3 is 2.59 bits per heavy atom. The van der Waals surface area contributed by atoms with E-state index in [4.69, 9.17) is 0 Å². The van der Waals surface area contributed by atoms with Crippen LogP contribution in [0.2, 0.25) is 0 Å². The summed E-state index contributed by atoms with van der Waals surface area (Å²) in [6, 6.07) is -0.0201. The van der Waals surface area contributed by atoms with E-state index >= 15 is 0 Å². The molecule has 5 nitrogen and oxygen atoms in total. The van der Waals surface area contributed by atoms with Crippen LogP contribution in [0.3, 0.4) is 0 Å². The average Bonchev–Trinajstić information content (AvgIpc) is 2.13. The molecule has 0 aromatic carbocycles. The Morgan fingerprint density at radius 2 is 2.06 bits per heavy atom. The van der Waals surface area contributed by atoms with Crippen LogP contribution in [0.25, 0.3) is 0 Å². The molecule has 1 fully saturated rings. The minimum Gasteiger partial charge on any atom is -0.453 e. The molecular formula is C12H20N2O3. The van der Waals surface area contributed by atoms with Crippen LogP contribution in [0, 0.1) is 5.41 Å². The average molecular weight is 240 g/mol. The molecule has 17 heavy (non-hydrogen) atoms. The molecule has 1 aliphatic rings. The van der Waals surface area contributed by atoms with Crippen LogP contribution in [-0.2, 0) is 9.53 Å². The molecule has 0 aromatic rings. The number of nitrogens with one attached hydrogen (secondary N) is 1. The number of methoxy groups -OCH3 is 1. The number of aliphatic imine (C=N–C) groups is 1. The van der Waals surface area contributed by atoms with Crippen LogP contribution in [0.15, 0.2) is 4.99 Å². The number of carbonyl (C=O) groups excluding carboxylic acids is 2. The number of amides is 1. The molecule has 0 radical (unpaired) electrons. The zero-order chi connectivity index (χ0) is 13.1. The van der Waals surface area contributed by atoms with Crippen molar-refractivity contribution in [3.63, 3.8) is 0 Å². The summed E-state index contributed by atoms with van der Waals surface area (Å²) in [5.41, 5.74) is -0.422. The lowest BCUT2D eigenvalue weighted by Crippen LogP contribution is -2.49. The van der Waals surface area contributed by atoms with Crippen molar-refractivity contribution in [3.8, 4) is 0 Å². The lowest BCUT2D eigenvalue weighted by molar-refractivity contribution is 0.117. The van der Waals surface area contributed by atoms with Gasteiger partial charge in [0, 0.05) is 6.04 Å². The monoisotopic (exact) mass is 240 g/mol. The van der Waals surface area contributed by atoms with E-state index in [2.05, 4.69) is 28.9 Å². The highest BCUT2D eigenvalue weighted by atomic mass is 16.5. The number of nitrogens with zero attached hydrogens (tertiary/aromatic N) is 1. The van der Waals surface area contributed by atoms with Gasteiger partial charge < -0.3 is 10.1 Å². The van der Waals surface area contributed by atoms with E-state index < -0.39 is 11.6 Å². The van der Waals surface area contributed by atoms with E-state index in [-0.39, 0.29) is 11.5 Å². The van der Waals surface area contributed by atoms with Gasteiger partial charge >= 0.3 is 6.09 Å². The lowest BCUT2D eigenvalue weighted by atomic mass is 9.67. The third-order valence-electron chi connectivity index (χ3n) is 3.17. The van der Waals surface area contributed by atoms with Crippen molar-refractivity contribution >= 4 is 12.2 Å².